The highest BCUT2D eigenvalue weighted by Gasteiger charge is 2.27. The number of piperidine rings is 1. The van der Waals surface area contributed by atoms with Crippen molar-refractivity contribution in [3.63, 3.8) is 0 Å². The van der Waals surface area contributed by atoms with E-state index in [0.717, 1.165) is 31.6 Å². The van der Waals surface area contributed by atoms with Crippen molar-refractivity contribution in [3.8, 4) is 0 Å². The van der Waals surface area contributed by atoms with Crippen molar-refractivity contribution in [2.45, 2.75) is 39.7 Å². The summed E-state index contributed by atoms with van der Waals surface area (Å²) in [4.78, 5) is 14.2. The molecule has 1 aliphatic heterocycles. The summed E-state index contributed by atoms with van der Waals surface area (Å²) in [5.74, 6) is 0. The molecular weight excluding hydrogens is 262 g/mol. The third kappa shape index (κ3) is 4.21. The van der Waals surface area contributed by atoms with Crippen molar-refractivity contribution in [1.29, 1.82) is 0 Å². The van der Waals surface area contributed by atoms with Crippen molar-refractivity contribution in [2.75, 3.05) is 25.5 Å². The maximum atomic E-state index is 12.3. The van der Waals surface area contributed by atoms with Gasteiger partial charge in [-0.3, -0.25) is 0 Å². The van der Waals surface area contributed by atoms with Crippen LogP contribution in [0.4, 0.5) is 10.5 Å². The van der Waals surface area contributed by atoms with Crippen molar-refractivity contribution < 1.29 is 4.79 Å². The Kier molecular flexibility index (Phi) is 4.88. The lowest BCUT2D eigenvalue weighted by Crippen LogP contribution is -2.43. The molecule has 0 radical (unpaired) electrons. The highest BCUT2D eigenvalue weighted by Crippen LogP contribution is 2.29. The molecule has 1 saturated heterocycles. The van der Waals surface area contributed by atoms with Crippen LogP contribution in [0, 0.1) is 5.41 Å². The Morgan fingerprint density at radius 3 is 2.29 bits per heavy atom. The predicted molar refractivity (Wildman–Crippen MR) is 87.5 cm³/mol. The number of amides is 2. The molecule has 21 heavy (non-hydrogen) atoms. The van der Waals surface area contributed by atoms with E-state index in [1.165, 1.54) is 5.56 Å². The van der Waals surface area contributed by atoms with Gasteiger partial charge in [0.2, 0.25) is 0 Å². The minimum atomic E-state index is 0.0138. The van der Waals surface area contributed by atoms with Crippen LogP contribution < -0.4 is 10.6 Å². The van der Waals surface area contributed by atoms with Gasteiger partial charge in [-0.05, 0) is 49.9 Å². The van der Waals surface area contributed by atoms with Gasteiger partial charge in [0.05, 0.1) is 0 Å². The van der Waals surface area contributed by atoms with Crippen LogP contribution in [-0.2, 0) is 0 Å². The number of hydrogen-bond donors (Lipinski definition) is 2. The molecular formula is C17H27N3O. The summed E-state index contributed by atoms with van der Waals surface area (Å²) in [5, 5.41) is 6.19. The Morgan fingerprint density at radius 2 is 1.76 bits per heavy atom. The summed E-state index contributed by atoms with van der Waals surface area (Å²) in [7, 11) is 1.94. The fourth-order valence-corrected chi connectivity index (χ4v) is 2.54. The summed E-state index contributed by atoms with van der Waals surface area (Å²) in [6.45, 7) is 8.33. The molecule has 0 bridgehead atoms. The molecule has 1 heterocycles. The fourth-order valence-electron chi connectivity index (χ4n) is 2.54. The molecule has 0 saturated carbocycles. The number of nitrogens with one attached hydrogen (secondary N) is 2. The monoisotopic (exact) mass is 289 g/mol. The molecule has 2 N–H and O–H groups in total. The molecule has 116 valence electrons. The van der Waals surface area contributed by atoms with Crippen LogP contribution in [0.1, 0.15) is 45.2 Å². The Balaban J connectivity index is 1.91. The molecule has 0 aromatic heterocycles. The Morgan fingerprint density at radius 1 is 1.19 bits per heavy atom. The Hall–Kier alpha value is -1.55. The van der Waals surface area contributed by atoms with Gasteiger partial charge in [-0.25, -0.2) is 4.79 Å². The smallest absolute Gasteiger partial charge is 0.321 e. The third-order valence-electron chi connectivity index (χ3n) is 4.50. The number of urea groups is 1. The molecule has 1 aromatic rings. The van der Waals surface area contributed by atoms with E-state index in [1.54, 1.807) is 0 Å². The molecule has 0 spiro atoms. The number of hydrogen-bond acceptors (Lipinski definition) is 2. The molecule has 0 aliphatic carbocycles. The predicted octanol–water partition coefficient (Wildman–Crippen LogP) is 3.62. The summed E-state index contributed by atoms with van der Waals surface area (Å²) < 4.78 is 0. The fraction of sp³-hybridized carbons (Fsp3) is 0.588. The van der Waals surface area contributed by atoms with Gasteiger partial charge in [0.25, 0.3) is 0 Å². The van der Waals surface area contributed by atoms with Crippen molar-refractivity contribution in [1.82, 2.24) is 10.2 Å². The first-order valence-corrected chi connectivity index (χ1v) is 7.74. The zero-order valence-electron chi connectivity index (χ0n) is 13.6. The summed E-state index contributed by atoms with van der Waals surface area (Å²) in [6, 6.07) is 8.37. The number of anilines is 1. The summed E-state index contributed by atoms with van der Waals surface area (Å²) in [6.07, 6.45) is 2.14. The number of carbonyl (C=O) groups is 1. The molecule has 2 rings (SSSR count). The van der Waals surface area contributed by atoms with Crippen molar-refractivity contribution >= 4 is 11.7 Å². The Labute approximate surface area is 127 Å². The number of nitrogens with zero attached hydrogens (tertiary/aromatic N) is 1. The molecule has 4 heteroatoms. The number of benzene rings is 1. The number of carbonyl (C=O) groups excluding carboxylic acids is 1. The molecule has 1 aliphatic rings. The molecule has 1 unspecified atom stereocenters. The quantitative estimate of drug-likeness (QED) is 0.892. The first-order chi connectivity index (χ1) is 9.91. The van der Waals surface area contributed by atoms with Crippen molar-refractivity contribution in [3.05, 3.63) is 29.8 Å². The highest BCUT2D eigenvalue weighted by atomic mass is 16.2. The molecule has 2 amide bonds. The maximum absolute atomic E-state index is 12.3. The van der Waals surface area contributed by atoms with Gasteiger partial charge in [0.1, 0.15) is 0 Å². The normalized spacial score (nSPS) is 19.1. The Bertz CT molecular complexity index is 471. The summed E-state index contributed by atoms with van der Waals surface area (Å²) >= 11 is 0. The molecule has 1 fully saturated rings. The van der Waals surface area contributed by atoms with Crippen LogP contribution in [0.5, 0.6) is 0 Å². The van der Waals surface area contributed by atoms with E-state index in [1.807, 2.05) is 24.1 Å². The van der Waals surface area contributed by atoms with E-state index in [2.05, 4.69) is 43.5 Å². The van der Waals surface area contributed by atoms with Gasteiger partial charge >= 0.3 is 6.03 Å². The van der Waals surface area contributed by atoms with Gasteiger partial charge in [0.15, 0.2) is 0 Å². The lowest BCUT2D eigenvalue weighted by atomic mass is 9.83. The van der Waals surface area contributed by atoms with Gasteiger partial charge in [0, 0.05) is 24.8 Å². The zero-order valence-corrected chi connectivity index (χ0v) is 13.6. The van der Waals surface area contributed by atoms with E-state index >= 15 is 0 Å². The summed E-state index contributed by atoms with van der Waals surface area (Å²) in [5.41, 5.74) is 2.44. The lowest BCUT2D eigenvalue weighted by molar-refractivity contribution is 0.149. The van der Waals surface area contributed by atoms with Crippen LogP contribution in [-0.4, -0.2) is 31.1 Å². The SMILES string of the molecule is CNC(C)c1ccc(NC(=O)N2CCC(C)(C)CC2)cc1. The largest absolute Gasteiger partial charge is 0.324 e. The highest BCUT2D eigenvalue weighted by molar-refractivity contribution is 5.89. The van der Waals surface area contributed by atoms with Gasteiger partial charge < -0.3 is 15.5 Å². The van der Waals surface area contributed by atoms with Crippen molar-refractivity contribution in [2.24, 2.45) is 5.41 Å². The molecule has 4 nitrogen and oxygen atoms in total. The van der Waals surface area contributed by atoms with Crippen LogP contribution in [0.15, 0.2) is 24.3 Å². The van der Waals surface area contributed by atoms with E-state index in [4.69, 9.17) is 0 Å². The average Bonchev–Trinajstić information content (AvgIpc) is 2.47. The number of likely N-dealkylation sites (tertiary alicyclic amines) is 1. The standard InChI is InChI=1S/C17H27N3O/c1-13(18-4)14-5-7-15(8-6-14)19-16(21)20-11-9-17(2,3)10-12-20/h5-8,13,18H,9-12H2,1-4H3,(H,19,21). The minimum Gasteiger partial charge on any atom is -0.324 e. The van der Waals surface area contributed by atoms with E-state index in [-0.39, 0.29) is 6.03 Å². The molecule has 1 aromatic carbocycles. The van der Waals surface area contributed by atoms with Crippen LogP contribution >= 0.6 is 0 Å². The van der Waals surface area contributed by atoms with Crippen LogP contribution in [0.25, 0.3) is 0 Å². The second-order valence-corrected chi connectivity index (χ2v) is 6.71. The van der Waals surface area contributed by atoms with Gasteiger partial charge in [-0.15, -0.1) is 0 Å². The maximum Gasteiger partial charge on any atom is 0.321 e. The van der Waals surface area contributed by atoms with E-state index in [0.29, 0.717) is 11.5 Å². The molecule has 1 atom stereocenters. The topological polar surface area (TPSA) is 44.4 Å². The lowest BCUT2D eigenvalue weighted by Gasteiger charge is -2.36. The first kappa shape index (κ1) is 15.8. The van der Waals surface area contributed by atoms with Gasteiger partial charge in [-0.1, -0.05) is 26.0 Å². The first-order valence-electron chi connectivity index (χ1n) is 7.74. The van der Waals surface area contributed by atoms with Crippen LogP contribution in [0.2, 0.25) is 0 Å². The second kappa shape index (κ2) is 6.48. The number of rotatable bonds is 3. The average molecular weight is 289 g/mol. The van der Waals surface area contributed by atoms with E-state index in [9.17, 15) is 4.79 Å². The van der Waals surface area contributed by atoms with E-state index < -0.39 is 0 Å². The second-order valence-electron chi connectivity index (χ2n) is 6.71. The van der Waals surface area contributed by atoms with Crippen LogP contribution in [0.3, 0.4) is 0 Å². The van der Waals surface area contributed by atoms with Gasteiger partial charge in [-0.2, -0.15) is 0 Å². The zero-order chi connectivity index (χ0) is 15.5. The third-order valence-corrected chi connectivity index (χ3v) is 4.50. The minimum absolute atomic E-state index is 0.0138.